The molecule has 7 heteroatoms. The Bertz CT molecular complexity index is 670. The van der Waals surface area contributed by atoms with Crippen molar-refractivity contribution in [2.24, 2.45) is 0 Å². The van der Waals surface area contributed by atoms with Crippen molar-refractivity contribution in [1.29, 1.82) is 0 Å². The van der Waals surface area contributed by atoms with Gasteiger partial charge in [0.1, 0.15) is 5.01 Å². The molecule has 0 saturated heterocycles. The molecule has 0 aliphatic heterocycles. The van der Waals surface area contributed by atoms with Crippen LogP contribution in [0.15, 0.2) is 18.5 Å². The second kappa shape index (κ2) is 3.77. The van der Waals surface area contributed by atoms with Gasteiger partial charge in [-0.25, -0.2) is 0 Å². The van der Waals surface area contributed by atoms with Crippen LogP contribution in [-0.2, 0) is 6.42 Å². The third kappa shape index (κ3) is 1.55. The van der Waals surface area contributed by atoms with Crippen LogP contribution in [0.4, 0.5) is 5.69 Å². The average Bonchev–Trinajstić information content (AvgIpc) is 2.88. The van der Waals surface area contributed by atoms with Gasteiger partial charge < -0.3 is 5.73 Å². The molecule has 3 heterocycles. The number of pyridine rings is 1. The first kappa shape index (κ1) is 10.2. The first-order valence-electron chi connectivity index (χ1n) is 5.20. The number of nitrogens with zero attached hydrogens (tertiary/aromatic N) is 5. The third-order valence-corrected chi connectivity index (χ3v) is 3.39. The van der Waals surface area contributed by atoms with Gasteiger partial charge in [0, 0.05) is 18.2 Å². The molecule has 0 aromatic carbocycles. The number of fused-ring (bicyclic) bond motifs is 1. The smallest absolute Gasteiger partial charge is 0.234 e. The molecular formula is C10H10N6S. The Balaban J connectivity index is 2.19. The zero-order valence-corrected chi connectivity index (χ0v) is 9.98. The number of anilines is 1. The summed E-state index contributed by atoms with van der Waals surface area (Å²) in [5, 5.41) is 13.4. The Hall–Kier alpha value is -2.02. The predicted octanol–water partition coefficient (Wildman–Crippen LogP) is 1.39. The molecule has 3 aromatic heterocycles. The standard InChI is InChI=1S/C10H10N6S/c1-2-8-13-14-10-16(8)15-9(17-10)6-3-4-12-5-7(6)11/h3-5H,2,11H2,1H3. The molecule has 3 rings (SSSR count). The molecule has 0 aliphatic carbocycles. The van der Waals surface area contributed by atoms with Gasteiger partial charge in [-0.1, -0.05) is 18.3 Å². The maximum Gasteiger partial charge on any atom is 0.234 e. The van der Waals surface area contributed by atoms with Gasteiger partial charge in [0.15, 0.2) is 5.82 Å². The maximum atomic E-state index is 5.87. The number of nitrogens with two attached hydrogens (primary N) is 1. The highest BCUT2D eigenvalue weighted by molar-refractivity contribution is 7.19. The van der Waals surface area contributed by atoms with Gasteiger partial charge >= 0.3 is 0 Å². The van der Waals surface area contributed by atoms with Gasteiger partial charge in [0.2, 0.25) is 4.96 Å². The minimum atomic E-state index is 0.621. The van der Waals surface area contributed by atoms with E-state index in [1.165, 1.54) is 11.3 Å². The topological polar surface area (TPSA) is 82.0 Å². The second-order valence-electron chi connectivity index (χ2n) is 3.53. The molecule has 3 aromatic rings. The van der Waals surface area contributed by atoms with E-state index >= 15 is 0 Å². The van der Waals surface area contributed by atoms with Gasteiger partial charge in [-0.05, 0) is 6.07 Å². The molecule has 86 valence electrons. The van der Waals surface area contributed by atoms with Crippen LogP contribution in [-0.4, -0.2) is 24.8 Å². The minimum Gasteiger partial charge on any atom is -0.397 e. The van der Waals surface area contributed by atoms with Crippen LogP contribution in [0.2, 0.25) is 0 Å². The van der Waals surface area contributed by atoms with Crippen molar-refractivity contribution < 1.29 is 0 Å². The first-order valence-corrected chi connectivity index (χ1v) is 6.02. The molecule has 0 radical (unpaired) electrons. The van der Waals surface area contributed by atoms with Gasteiger partial charge in [-0.3, -0.25) is 4.98 Å². The number of rotatable bonds is 2. The summed E-state index contributed by atoms with van der Waals surface area (Å²) in [6, 6.07) is 1.85. The molecule has 2 N–H and O–H groups in total. The molecular weight excluding hydrogens is 236 g/mol. The first-order chi connectivity index (χ1) is 8.29. The van der Waals surface area contributed by atoms with Crippen LogP contribution in [0.5, 0.6) is 0 Å². The summed E-state index contributed by atoms with van der Waals surface area (Å²) in [6.07, 6.45) is 4.13. The molecule has 6 nitrogen and oxygen atoms in total. The zero-order chi connectivity index (χ0) is 11.8. The second-order valence-corrected chi connectivity index (χ2v) is 4.49. The summed E-state index contributed by atoms with van der Waals surface area (Å²) in [4.78, 5) is 4.75. The predicted molar refractivity (Wildman–Crippen MR) is 65.7 cm³/mol. The van der Waals surface area contributed by atoms with E-state index in [0.29, 0.717) is 5.69 Å². The van der Waals surface area contributed by atoms with E-state index in [4.69, 9.17) is 5.73 Å². The van der Waals surface area contributed by atoms with E-state index in [1.807, 2.05) is 13.0 Å². The van der Waals surface area contributed by atoms with Crippen molar-refractivity contribution in [1.82, 2.24) is 24.8 Å². The normalized spacial score (nSPS) is 11.1. The Morgan fingerprint density at radius 2 is 2.29 bits per heavy atom. The van der Waals surface area contributed by atoms with E-state index in [9.17, 15) is 0 Å². The van der Waals surface area contributed by atoms with Crippen LogP contribution in [0.1, 0.15) is 12.7 Å². The lowest BCUT2D eigenvalue weighted by molar-refractivity contribution is 0.838. The number of hydrogen-bond donors (Lipinski definition) is 1. The number of hydrogen-bond acceptors (Lipinski definition) is 6. The monoisotopic (exact) mass is 246 g/mol. The van der Waals surface area contributed by atoms with Crippen molar-refractivity contribution in [3.05, 3.63) is 24.3 Å². The highest BCUT2D eigenvalue weighted by Gasteiger charge is 2.13. The summed E-state index contributed by atoms with van der Waals surface area (Å²) >= 11 is 1.47. The average molecular weight is 246 g/mol. The van der Waals surface area contributed by atoms with Crippen molar-refractivity contribution >= 4 is 22.0 Å². The van der Waals surface area contributed by atoms with Gasteiger partial charge in [-0.2, -0.15) is 9.61 Å². The molecule has 0 aliphatic rings. The maximum absolute atomic E-state index is 5.87. The van der Waals surface area contributed by atoms with Crippen molar-refractivity contribution in [3.63, 3.8) is 0 Å². The molecule has 0 spiro atoms. The fraction of sp³-hybridized carbons (Fsp3) is 0.200. The minimum absolute atomic E-state index is 0.621. The largest absolute Gasteiger partial charge is 0.397 e. The Labute approximate surface area is 101 Å². The van der Waals surface area contributed by atoms with Crippen LogP contribution < -0.4 is 5.73 Å². The zero-order valence-electron chi connectivity index (χ0n) is 9.16. The molecule has 0 bridgehead atoms. The van der Waals surface area contributed by atoms with E-state index in [0.717, 1.165) is 27.8 Å². The Morgan fingerprint density at radius 3 is 3.06 bits per heavy atom. The van der Waals surface area contributed by atoms with Crippen LogP contribution in [0.3, 0.4) is 0 Å². The van der Waals surface area contributed by atoms with E-state index in [2.05, 4.69) is 20.3 Å². The number of aromatic nitrogens is 5. The summed E-state index contributed by atoms with van der Waals surface area (Å²) < 4.78 is 1.76. The van der Waals surface area contributed by atoms with Crippen LogP contribution in [0.25, 0.3) is 15.5 Å². The fourth-order valence-electron chi connectivity index (χ4n) is 1.59. The van der Waals surface area contributed by atoms with Gasteiger partial charge in [0.25, 0.3) is 0 Å². The number of nitrogen functional groups attached to an aromatic ring is 1. The van der Waals surface area contributed by atoms with Crippen molar-refractivity contribution in [2.75, 3.05) is 5.73 Å². The SMILES string of the molecule is CCc1nnc2sc(-c3ccncc3N)nn12. The molecule has 17 heavy (non-hydrogen) atoms. The lowest BCUT2D eigenvalue weighted by Crippen LogP contribution is -1.95. The fourth-order valence-corrected chi connectivity index (χ4v) is 2.49. The van der Waals surface area contributed by atoms with Gasteiger partial charge in [0.05, 0.1) is 11.9 Å². The lowest BCUT2D eigenvalue weighted by atomic mass is 10.2. The highest BCUT2D eigenvalue weighted by Crippen LogP contribution is 2.28. The molecule has 0 amide bonds. The van der Waals surface area contributed by atoms with Crippen molar-refractivity contribution in [2.45, 2.75) is 13.3 Å². The number of aryl methyl sites for hydroxylation is 1. The summed E-state index contributed by atoms with van der Waals surface area (Å²) in [5.74, 6) is 0.857. The molecule has 0 unspecified atom stereocenters. The van der Waals surface area contributed by atoms with Crippen molar-refractivity contribution in [3.8, 4) is 10.6 Å². The van der Waals surface area contributed by atoms with E-state index < -0.39 is 0 Å². The Kier molecular flexibility index (Phi) is 2.25. The molecule has 0 atom stereocenters. The summed E-state index contributed by atoms with van der Waals surface area (Å²) in [5.41, 5.74) is 7.38. The summed E-state index contributed by atoms with van der Waals surface area (Å²) in [6.45, 7) is 2.02. The molecule has 0 fully saturated rings. The lowest BCUT2D eigenvalue weighted by Gasteiger charge is -1.98. The van der Waals surface area contributed by atoms with Crippen LogP contribution in [0, 0.1) is 0 Å². The van der Waals surface area contributed by atoms with E-state index in [-0.39, 0.29) is 0 Å². The Morgan fingerprint density at radius 1 is 1.41 bits per heavy atom. The van der Waals surface area contributed by atoms with Gasteiger partial charge in [-0.15, -0.1) is 10.2 Å². The summed E-state index contributed by atoms with van der Waals surface area (Å²) in [7, 11) is 0. The molecule has 0 saturated carbocycles. The quantitative estimate of drug-likeness (QED) is 0.739. The highest BCUT2D eigenvalue weighted by atomic mass is 32.1. The van der Waals surface area contributed by atoms with Crippen LogP contribution >= 0.6 is 11.3 Å². The van der Waals surface area contributed by atoms with E-state index in [1.54, 1.807) is 16.9 Å². The third-order valence-electron chi connectivity index (χ3n) is 2.45.